The summed E-state index contributed by atoms with van der Waals surface area (Å²) in [5, 5.41) is 10.0. The highest BCUT2D eigenvalue weighted by molar-refractivity contribution is 4.83. The van der Waals surface area contributed by atoms with Gasteiger partial charge < -0.3 is 10.0 Å². The zero-order valence-electron chi connectivity index (χ0n) is 10.9. The van der Waals surface area contributed by atoms with E-state index in [1.54, 1.807) is 0 Å². The highest BCUT2D eigenvalue weighted by Gasteiger charge is 2.30. The molecule has 2 aliphatic rings. The van der Waals surface area contributed by atoms with Gasteiger partial charge in [0.2, 0.25) is 0 Å². The normalized spacial score (nSPS) is 36.2. The summed E-state index contributed by atoms with van der Waals surface area (Å²) in [6.07, 6.45) is 7.47. The zero-order valence-corrected chi connectivity index (χ0v) is 10.9. The SMILES string of the molecule is CC1(C)CCCN(CC2CCCCC2O)C1. The number of nitrogens with zero attached hydrogens (tertiary/aromatic N) is 1. The van der Waals surface area contributed by atoms with Crippen molar-refractivity contribution in [3.63, 3.8) is 0 Å². The molecule has 2 atom stereocenters. The highest BCUT2D eigenvalue weighted by atomic mass is 16.3. The summed E-state index contributed by atoms with van der Waals surface area (Å²) < 4.78 is 0. The Kier molecular flexibility index (Phi) is 3.91. The zero-order chi connectivity index (χ0) is 11.6. The lowest BCUT2D eigenvalue weighted by Crippen LogP contribution is -2.44. The van der Waals surface area contributed by atoms with Crippen molar-refractivity contribution in [1.82, 2.24) is 4.90 Å². The van der Waals surface area contributed by atoms with Gasteiger partial charge in [-0.3, -0.25) is 0 Å². The van der Waals surface area contributed by atoms with Crippen LogP contribution in [0.5, 0.6) is 0 Å². The molecule has 2 heteroatoms. The maximum Gasteiger partial charge on any atom is 0.0580 e. The van der Waals surface area contributed by atoms with Gasteiger partial charge in [-0.2, -0.15) is 0 Å². The predicted octanol–water partition coefficient (Wildman–Crippen LogP) is 2.66. The van der Waals surface area contributed by atoms with E-state index >= 15 is 0 Å². The number of hydrogen-bond donors (Lipinski definition) is 1. The summed E-state index contributed by atoms with van der Waals surface area (Å²) in [4.78, 5) is 2.59. The second kappa shape index (κ2) is 5.05. The van der Waals surface area contributed by atoms with Crippen LogP contribution in [0.25, 0.3) is 0 Å². The van der Waals surface area contributed by atoms with E-state index in [0.717, 1.165) is 13.0 Å². The monoisotopic (exact) mass is 225 g/mol. The van der Waals surface area contributed by atoms with Gasteiger partial charge >= 0.3 is 0 Å². The van der Waals surface area contributed by atoms with Gasteiger partial charge in [0.05, 0.1) is 6.10 Å². The molecule has 1 aliphatic carbocycles. The fraction of sp³-hybridized carbons (Fsp3) is 1.00. The van der Waals surface area contributed by atoms with Crippen LogP contribution in [0.2, 0.25) is 0 Å². The summed E-state index contributed by atoms with van der Waals surface area (Å²) >= 11 is 0. The molecule has 1 saturated carbocycles. The van der Waals surface area contributed by atoms with Crippen molar-refractivity contribution in [2.45, 2.75) is 58.5 Å². The fourth-order valence-corrected chi connectivity index (χ4v) is 3.43. The third-order valence-electron chi connectivity index (χ3n) is 4.34. The van der Waals surface area contributed by atoms with Crippen molar-refractivity contribution in [3.8, 4) is 0 Å². The first-order valence-corrected chi connectivity index (χ1v) is 6.97. The van der Waals surface area contributed by atoms with Crippen molar-refractivity contribution in [2.75, 3.05) is 19.6 Å². The Morgan fingerprint density at radius 3 is 2.62 bits per heavy atom. The van der Waals surface area contributed by atoms with Crippen molar-refractivity contribution < 1.29 is 5.11 Å². The summed E-state index contributed by atoms with van der Waals surface area (Å²) in [6.45, 7) is 8.33. The van der Waals surface area contributed by atoms with Gasteiger partial charge in [-0.15, -0.1) is 0 Å². The second-order valence-corrected chi connectivity index (χ2v) is 6.61. The van der Waals surface area contributed by atoms with Crippen molar-refractivity contribution >= 4 is 0 Å². The van der Waals surface area contributed by atoms with Gasteiger partial charge in [0.1, 0.15) is 0 Å². The smallest absolute Gasteiger partial charge is 0.0580 e. The molecule has 1 aliphatic heterocycles. The van der Waals surface area contributed by atoms with Crippen LogP contribution in [0.15, 0.2) is 0 Å². The number of aliphatic hydroxyl groups is 1. The number of hydrogen-bond acceptors (Lipinski definition) is 2. The van der Waals surface area contributed by atoms with Gasteiger partial charge in [-0.25, -0.2) is 0 Å². The van der Waals surface area contributed by atoms with Crippen LogP contribution in [0.1, 0.15) is 52.4 Å². The molecular formula is C14H27NO. The van der Waals surface area contributed by atoms with Crippen LogP contribution in [-0.4, -0.2) is 35.7 Å². The van der Waals surface area contributed by atoms with E-state index in [-0.39, 0.29) is 6.10 Å². The van der Waals surface area contributed by atoms with E-state index in [9.17, 15) is 5.11 Å². The topological polar surface area (TPSA) is 23.5 Å². The number of rotatable bonds is 2. The standard InChI is InChI=1S/C14H27NO/c1-14(2)8-5-9-15(11-14)10-12-6-3-4-7-13(12)16/h12-13,16H,3-11H2,1-2H3. The van der Waals surface area contributed by atoms with Gasteiger partial charge in [0.15, 0.2) is 0 Å². The Labute approximate surface area is 100 Å². The van der Waals surface area contributed by atoms with Crippen molar-refractivity contribution in [2.24, 2.45) is 11.3 Å². The maximum atomic E-state index is 10.0. The molecule has 0 aromatic carbocycles. The lowest BCUT2D eigenvalue weighted by atomic mass is 9.82. The van der Waals surface area contributed by atoms with Crippen molar-refractivity contribution in [1.29, 1.82) is 0 Å². The van der Waals surface area contributed by atoms with Crippen LogP contribution in [0.4, 0.5) is 0 Å². The van der Waals surface area contributed by atoms with E-state index in [4.69, 9.17) is 0 Å². The third-order valence-corrected chi connectivity index (χ3v) is 4.34. The summed E-state index contributed by atoms with van der Waals surface area (Å²) in [6, 6.07) is 0. The Bertz CT molecular complexity index is 227. The summed E-state index contributed by atoms with van der Waals surface area (Å²) in [5.41, 5.74) is 0.484. The second-order valence-electron chi connectivity index (χ2n) is 6.61. The molecule has 2 rings (SSSR count). The van der Waals surface area contributed by atoms with E-state index in [1.807, 2.05) is 0 Å². The van der Waals surface area contributed by atoms with Crippen LogP contribution in [-0.2, 0) is 0 Å². The molecule has 2 unspecified atom stereocenters. The Morgan fingerprint density at radius 2 is 1.94 bits per heavy atom. The number of aliphatic hydroxyl groups excluding tert-OH is 1. The first-order chi connectivity index (χ1) is 7.57. The molecule has 0 bridgehead atoms. The minimum Gasteiger partial charge on any atom is -0.393 e. The quantitative estimate of drug-likeness (QED) is 0.781. The molecule has 0 amide bonds. The first-order valence-electron chi connectivity index (χ1n) is 6.97. The molecule has 2 fully saturated rings. The lowest BCUT2D eigenvalue weighted by molar-refractivity contribution is 0.0258. The van der Waals surface area contributed by atoms with Crippen molar-refractivity contribution in [3.05, 3.63) is 0 Å². The van der Waals surface area contributed by atoms with E-state index in [1.165, 1.54) is 45.2 Å². The molecule has 1 N–H and O–H groups in total. The largest absolute Gasteiger partial charge is 0.393 e. The molecule has 0 aromatic rings. The molecule has 94 valence electrons. The molecule has 1 heterocycles. The highest BCUT2D eigenvalue weighted by Crippen LogP contribution is 2.31. The third kappa shape index (κ3) is 3.21. The molecule has 0 radical (unpaired) electrons. The molecule has 2 nitrogen and oxygen atoms in total. The van der Waals surface area contributed by atoms with E-state index < -0.39 is 0 Å². The Hall–Kier alpha value is -0.0800. The summed E-state index contributed by atoms with van der Waals surface area (Å²) in [7, 11) is 0. The van der Waals surface area contributed by atoms with Gasteiger partial charge in [-0.05, 0) is 43.6 Å². The van der Waals surface area contributed by atoms with E-state index in [0.29, 0.717) is 11.3 Å². The Balaban J connectivity index is 1.84. The Morgan fingerprint density at radius 1 is 1.19 bits per heavy atom. The number of likely N-dealkylation sites (tertiary alicyclic amines) is 1. The minimum absolute atomic E-state index is 0.0289. The lowest BCUT2D eigenvalue weighted by Gasteiger charge is -2.41. The van der Waals surface area contributed by atoms with Crippen LogP contribution in [0, 0.1) is 11.3 Å². The predicted molar refractivity (Wildman–Crippen MR) is 67.4 cm³/mol. The van der Waals surface area contributed by atoms with Crippen LogP contribution in [0.3, 0.4) is 0 Å². The fourth-order valence-electron chi connectivity index (χ4n) is 3.43. The molecular weight excluding hydrogens is 198 g/mol. The van der Waals surface area contributed by atoms with Crippen LogP contribution < -0.4 is 0 Å². The molecule has 1 saturated heterocycles. The van der Waals surface area contributed by atoms with Gasteiger partial charge in [0, 0.05) is 13.1 Å². The minimum atomic E-state index is -0.0289. The number of piperidine rings is 1. The average molecular weight is 225 g/mol. The molecule has 0 aromatic heterocycles. The maximum absolute atomic E-state index is 10.0. The average Bonchev–Trinajstić information content (AvgIpc) is 2.20. The molecule has 16 heavy (non-hydrogen) atoms. The molecule has 0 spiro atoms. The van der Waals surface area contributed by atoms with Crippen LogP contribution >= 0.6 is 0 Å². The van der Waals surface area contributed by atoms with Gasteiger partial charge in [0.25, 0.3) is 0 Å². The van der Waals surface area contributed by atoms with Gasteiger partial charge in [-0.1, -0.05) is 26.7 Å². The first kappa shape index (κ1) is 12.4. The summed E-state index contributed by atoms with van der Waals surface area (Å²) in [5.74, 6) is 0.544. The van der Waals surface area contributed by atoms with E-state index in [2.05, 4.69) is 18.7 Å².